The smallest absolute Gasteiger partial charge is 0.250 e. The summed E-state index contributed by atoms with van der Waals surface area (Å²) in [5.41, 5.74) is 2.64. The van der Waals surface area contributed by atoms with Gasteiger partial charge in [-0.2, -0.15) is 0 Å². The quantitative estimate of drug-likeness (QED) is 0.420. The normalized spacial score (nSPS) is 10.9. The number of halogens is 1. The van der Waals surface area contributed by atoms with Crippen LogP contribution < -0.4 is 14.8 Å². The summed E-state index contributed by atoms with van der Waals surface area (Å²) in [6, 6.07) is 13.0. The van der Waals surface area contributed by atoms with Gasteiger partial charge in [0.2, 0.25) is 5.91 Å². The second kappa shape index (κ2) is 10.3. The number of hydrogen-bond donors (Lipinski definition) is 1. The first-order valence-electron chi connectivity index (χ1n) is 9.62. The Hall–Kier alpha value is -2.83. The Kier molecular flexibility index (Phi) is 7.49. The molecule has 0 saturated heterocycles. The summed E-state index contributed by atoms with van der Waals surface area (Å²) in [6.45, 7) is 6.91. The molecular weight excluding hydrogens is 420 g/mol. The molecule has 30 heavy (non-hydrogen) atoms. The zero-order valence-electron chi connectivity index (χ0n) is 17.1. The van der Waals surface area contributed by atoms with Gasteiger partial charge in [0.15, 0.2) is 16.6 Å². The third-order valence-corrected chi connectivity index (χ3v) is 5.28. The van der Waals surface area contributed by atoms with Gasteiger partial charge in [-0.15, -0.1) is 11.3 Å². The zero-order chi connectivity index (χ0) is 21.5. The van der Waals surface area contributed by atoms with E-state index in [9.17, 15) is 4.79 Å². The van der Waals surface area contributed by atoms with Crippen molar-refractivity contribution in [3.05, 3.63) is 64.0 Å². The van der Waals surface area contributed by atoms with E-state index in [0.717, 1.165) is 21.7 Å². The second-order valence-corrected chi connectivity index (χ2v) is 7.97. The third-order valence-electron chi connectivity index (χ3n) is 4.14. The lowest BCUT2D eigenvalue weighted by atomic mass is 10.1. The number of aromatic nitrogens is 1. The molecule has 1 N–H and O–H groups in total. The molecule has 3 aromatic rings. The van der Waals surface area contributed by atoms with Crippen LogP contribution in [0.1, 0.15) is 24.3 Å². The Balaban J connectivity index is 1.70. The minimum absolute atomic E-state index is 0.252. The minimum Gasteiger partial charge on any atom is -0.490 e. The van der Waals surface area contributed by atoms with Crippen molar-refractivity contribution in [3.8, 4) is 22.8 Å². The number of nitrogens with zero attached hydrogens (tertiary/aromatic N) is 1. The maximum Gasteiger partial charge on any atom is 0.250 e. The molecule has 0 unspecified atom stereocenters. The summed E-state index contributed by atoms with van der Waals surface area (Å²) in [4.78, 5) is 17.9. The number of aryl methyl sites for hydroxylation is 1. The van der Waals surface area contributed by atoms with Crippen LogP contribution in [0.2, 0.25) is 5.02 Å². The molecule has 0 bridgehead atoms. The fraction of sp³-hybridized carbons (Fsp3) is 0.217. The van der Waals surface area contributed by atoms with E-state index >= 15 is 0 Å². The van der Waals surface area contributed by atoms with Crippen molar-refractivity contribution in [2.75, 3.05) is 18.5 Å². The molecule has 1 amide bonds. The molecule has 7 heteroatoms. The zero-order valence-corrected chi connectivity index (χ0v) is 18.6. The van der Waals surface area contributed by atoms with Crippen LogP contribution in [0.5, 0.6) is 11.5 Å². The lowest BCUT2D eigenvalue weighted by molar-refractivity contribution is -0.111. The van der Waals surface area contributed by atoms with Gasteiger partial charge in [0, 0.05) is 21.5 Å². The van der Waals surface area contributed by atoms with Crippen molar-refractivity contribution < 1.29 is 14.3 Å². The van der Waals surface area contributed by atoms with E-state index in [1.807, 2.05) is 63.2 Å². The van der Waals surface area contributed by atoms with Crippen LogP contribution >= 0.6 is 22.9 Å². The Bertz CT molecular complexity index is 1050. The molecule has 0 atom stereocenters. The van der Waals surface area contributed by atoms with Crippen LogP contribution in [0.4, 0.5) is 5.13 Å². The molecule has 2 aromatic carbocycles. The first-order valence-corrected chi connectivity index (χ1v) is 10.8. The standard InChI is InChI=1S/C23H23ClN2O3S/c1-4-28-19-12-6-16(14-20(19)29-5-2)7-13-21(27)25-23-26-22(15(3)30-23)17-8-10-18(24)11-9-17/h6-14H,4-5H2,1-3H3,(H,25,26,27)/b13-7+. The van der Waals surface area contributed by atoms with E-state index in [4.69, 9.17) is 21.1 Å². The number of thiazole rings is 1. The molecule has 1 aromatic heterocycles. The summed E-state index contributed by atoms with van der Waals surface area (Å²) < 4.78 is 11.2. The van der Waals surface area contributed by atoms with Gasteiger partial charge >= 0.3 is 0 Å². The molecule has 3 rings (SSSR count). The molecule has 0 aliphatic heterocycles. The van der Waals surface area contributed by atoms with Gasteiger partial charge in [0.1, 0.15) is 0 Å². The predicted molar refractivity (Wildman–Crippen MR) is 124 cm³/mol. The molecule has 0 fully saturated rings. The van der Waals surface area contributed by atoms with Crippen LogP contribution in [0.15, 0.2) is 48.5 Å². The van der Waals surface area contributed by atoms with Crippen molar-refractivity contribution in [1.82, 2.24) is 4.98 Å². The molecule has 156 valence electrons. The lowest BCUT2D eigenvalue weighted by Crippen LogP contribution is -2.07. The molecule has 0 spiro atoms. The monoisotopic (exact) mass is 442 g/mol. The number of anilines is 1. The fourth-order valence-corrected chi connectivity index (χ4v) is 3.78. The van der Waals surface area contributed by atoms with Gasteiger partial charge in [0.25, 0.3) is 0 Å². The molecule has 0 aliphatic rings. The Morgan fingerprint density at radius 3 is 2.50 bits per heavy atom. The largest absolute Gasteiger partial charge is 0.490 e. The van der Waals surface area contributed by atoms with E-state index < -0.39 is 0 Å². The highest BCUT2D eigenvalue weighted by atomic mass is 35.5. The highest BCUT2D eigenvalue weighted by molar-refractivity contribution is 7.16. The summed E-state index contributed by atoms with van der Waals surface area (Å²) in [5.74, 6) is 1.09. The molecule has 0 aliphatic carbocycles. The summed E-state index contributed by atoms with van der Waals surface area (Å²) in [5, 5.41) is 4.05. The van der Waals surface area contributed by atoms with Gasteiger partial charge < -0.3 is 9.47 Å². The third kappa shape index (κ3) is 5.62. The Labute approximate surface area is 185 Å². The van der Waals surface area contributed by atoms with Crippen LogP contribution in [0.25, 0.3) is 17.3 Å². The summed E-state index contributed by atoms with van der Waals surface area (Å²) in [7, 11) is 0. The SMILES string of the molecule is CCOc1ccc(/C=C/C(=O)Nc2nc(-c3ccc(Cl)cc3)c(C)s2)cc1OCC. The number of amides is 1. The van der Waals surface area contributed by atoms with Crippen molar-refractivity contribution in [1.29, 1.82) is 0 Å². The van der Waals surface area contributed by atoms with Crippen molar-refractivity contribution in [2.24, 2.45) is 0 Å². The fourth-order valence-electron chi connectivity index (χ4n) is 2.82. The molecule has 5 nitrogen and oxygen atoms in total. The van der Waals surface area contributed by atoms with Crippen LogP contribution in [-0.4, -0.2) is 24.1 Å². The number of rotatable bonds is 8. The van der Waals surface area contributed by atoms with Crippen molar-refractivity contribution in [3.63, 3.8) is 0 Å². The number of carbonyl (C=O) groups excluding carboxylic acids is 1. The van der Waals surface area contributed by atoms with Gasteiger partial charge in [-0.3, -0.25) is 10.1 Å². The van der Waals surface area contributed by atoms with E-state index in [2.05, 4.69) is 10.3 Å². The number of hydrogen-bond acceptors (Lipinski definition) is 5. The van der Waals surface area contributed by atoms with Gasteiger partial charge in [-0.05, 0) is 56.7 Å². The van der Waals surface area contributed by atoms with E-state index in [0.29, 0.717) is 34.9 Å². The molecule has 0 saturated carbocycles. The van der Waals surface area contributed by atoms with Crippen LogP contribution in [0, 0.1) is 6.92 Å². The lowest BCUT2D eigenvalue weighted by Gasteiger charge is -2.11. The second-order valence-electron chi connectivity index (χ2n) is 6.33. The maximum absolute atomic E-state index is 12.4. The Morgan fingerprint density at radius 2 is 1.80 bits per heavy atom. The van der Waals surface area contributed by atoms with Crippen molar-refractivity contribution in [2.45, 2.75) is 20.8 Å². The van der Waals surface area contributed by atoms with Crippen LogP contribution in [-0.2, 0) is 4.79 Å². The minimum atomic E-state index is -0.252. The Morgan fingerprint density at radius 1 is 1.10 bits per heavy atom. The van der Waals surface area contributed by atoms with E-state index in [-0.39, 0.29) is 5.91 Å². The highest BCUT2D eigenvalue weighted by Gasteiger charge is 2.11. The average molecular weight is 443 g/mol. The van der Waals surface area contributed by atoms with Gasteiger partial charge in [-0.25, -0.2) is 4.98 Å². The van der Waals surface area contributed by atoms with Crippen molar-refractivity contribution >= 4 is 40.1 Å². The topological polar surface area (TPSA) is 60.5 Å². The predicted octanol–water partition coefficient (Wildman–Crippen LogP) is 6.22. The summed E-state index contributed by atoms with van der Waals surface area (Å²) >= 11 is 7.39. The number of nitrogens with one attached hydrogen (secondary N) is 1. The van der Waals surface area contributed by atoms with E-state index in [1.54, 1.807) is 6.08 Å². The number of carbonyl (C=O) groups is 1. The molecular formula is C23H23ClN2O3S. The molecule has 1 heterocycles. The maximum atomic E-state index is 12.4. The number of benzene rings is 2. The average Bonchev–Trinajstić information content (AvgIpc) is 3.09. The summed E-state index contributed by atoms with van der Waals surface area (Å²) in [6.07, 6.45) is 3.21. The van der Waals surface area contributed by atoms with Gasteiger partial charge in [0.05, 0.1) is 18.9 Å². The highest BCUT2D eigenvalue weighted by Crippen LogP contribution is 2.31. The number of ether oxygens (including phenoxy) is 2. The van der Waals surface area contributed by atoms with Gasteiger partial charge in [-0.1, -0.05) is 29.8 Å². The molecule has 0 radical (unpaired) electrons. The van der Waals surface area contributed by atoms with Crippen LogP contribution in [0.3, 0.4) is 0 Å². The first kappa shape index (κ1) is 21.9. The van der Waals surface area contributed by atoms with E-state index in [1.165, 1.54) is 17.4 Å². The first-order chi connectivity index (χ1) is 14.5.